The smallest absolute Gasteiger partial charge is 0.303 e. The first-order chi connectivity index (χ1) is 8.08. The van der Waals surface area contributed by atoms with E-state index in [1.54, 1.807) is 0 Å². The van der Waals surface area contributed by atoms with Crippen LogP contribution in [-0.4, -0.2) is 36.2 Å². The molecule has 0 aliphatic carbocycles. The lowest BCUT2D eigenvalue weighted by Gasteiger charge is -2.22. The van der Waals surface area contributed by atoms with Gasteiger partial charge in [-0.25, -0.2) is 0 Å². The van der Waals surface area contributed by atoms with Gasteiger partial charge in [-0.3, -0.25) is 9.59 Å². The molecule has 2 unspecified atom stereocenters. The number of hydrogen-bond acceptors (Lipinski definition) is 3. The molecule has 0 aromatic rings. The summed E-state index contributed by atoms with van der Waals surface area (Å²) in [7, 11) is 0. The predicted octanol–water partition coefficient (Wildman–Crippen LogP) is 1.17. The molecule has 0 radical (unpaired) electrons. The van der Waals surface area contributed by atoms with Crippen LogP contribution in [0.5, 0.6) is 0 Å². The normalized spacial score (nSPS) is 21.8. The highest BCUT2D eigenvalue weighted by atomic mass is 16.5. The molecule has 0 spiro atoms. The van der Waals surface area contributed by atoms with Gasteiger partial charge >= 0.3 is 5.97 Å². The number of nitrogens with one attached hydrogen (secondary N) is 1. The Balaban J connectivity index is 2.13. The topological polar surface area (TPSA) is 75.6 Å². The second-order valence-corrected chi connectivity index (χ2v) is 4.70. The zero-order valence-corrected chi connectivity index (χ0v) is 10.3. The average Bonchev–Trinajstić information content (AvgIpc) is 2.27. The van der Waals surface area contributed by atoms with Crippen LogP contribution in [0.25, 0.3) is 0 Å². The summed E-state index contributed by atoms with van der Waals surface area (Å²) in [5.74, 6) is -0.916. The average molecular weight is 243 g/mol. The molecule has 5 nitrogen and oxygen atoms in total. The fourth-order valence-corrected chi connectivity index (χ4v) is 1.91. The van der Waals surface area contributed by atoms with Gasteiger partial charge in [0.1, 0.15) is 0 Å². The summed E-state index contributed by atoms with van der Waals surface area (Å²) in [6.07, 6.45) is 3.65. The fraction of sp³-hybridized carbons (Fsp3) is 0.833. The monoisotopic (exact) mass is 243 g/mol. The Labute approximate surface area is 102 Å². The fourth-order valence-electron chi connectivity index (χ4n) is 1.91. The molecular weight excluding hydrogens is 222 g/mol. The number of hydrogen-bond donors (Lipinski definition) is 2. The standard InChI is InChI=1S/C12H21NO4/c1-9(6-12(15)16)8-13-11(14)7-10-4-2-3-5-17-10/h9-10H,2-8H2,1H3,(H,13,14)(H,15,16). The molecule has 5 heteroatoms. The molecule has 2 N–H and O–H groups in total. The molecule has 1 fully saturated rings. The molecule has 1 rings (SSSR count). The zero-order valence-electron chi connectivity index (χ0n) is 10.3. The minimum absolute atomic E-state index is 0.0382. The summed E-state index contributed by atoms with van der Waals surface area (Å²) >= 11 is 0. The van der Waals surface area contributed by atoms with Crippen molar-refractivity contribution in [2.24, 2.45) is 5.92 Å². The van der Waals surface area contributed by atoms with E-state index in [1.165, 1.54) is 0 Å². The van der Waals surface area contributed by atoms with Crippen molar-refractivity contribution in [2.75, 3.05) is 13.2 Å². The first kappa shape index (κ1) is 14.0. The van der Waals surface area contributed by atoms with Crippen molar-refractivity contribution in [2.45, 2.75) is 45.1 Å². The highest BCUT2D eigenvalue weighted by Crippen LogP contribution is 2.15. The van der Waals surface area contributed by atoms with Crippen molar-refractivity contribution < 1.29 is 19.4 Å². The van der Waals surface area contributed by atoms with Gasteiger partial charge in [0.2, 0.25) is 5.91 Å². The van der Waals surface area contributed by atoms with Crippen molar-refractivity contribution >= 4 is 11.9 Å². The van der Waals surface area contributed by atoms with E-state index >= 15 is 0 Å². The van der Waals surface area contributed by atoms with Gasteiger partial charge in [0, 0.05) is 19.6 Å². The summed E-state index contributed by atoms with van der Waals surface area (Å²) in [5.41, 5.74) is 0. The summed E-state index contributed by atoms with van der Waals surface area (Å²) in [5, 5.41) is 11.3. The van der Waals surface area contributed by atoms with E-state index in [9.17, 15) is 9.59 Å². The van der Waals surface area contributed by atoms with Crippen LogP contribution in [0.3, 0.4) is 0 Å². The maximum absolute atomic E-state index is 11.6. The number of aliphatic carboxylic acids is 1. The van der Waals surface area contributed by atoms with E-state index in [4.69, 9.17) is 9.84 Å². The first-order valence-electron chi connectivity index (χ1n) is 6.18. The van der Waals surface area contributed by atoms with Gasteiger partial charge in [-0.2, -0.15) is 0 Å². The number of ether oxygens (including phenoxy) is 1. The van der Waals surface area contributed by atoms with E-state index < -0.39 is 5.97 Å². The van der Waals surface area contributed by atoms with Gasteiger partial charge in [-0.15, -0.1) is 0 Å². The molecule has 1 saturated heterocycles. The number of rotatable bonds is 6. The largest absolute Gasteiger partial charge is 0.481 e. The van der Waals surface area contributed by atoms with Crippen molar-refractivity contribution in [3.05, 3.63) is 0 Å². The van der Waals surface area contributed by atoms with Crippen LogP contribution in [-0.2, 0) is 14.3 Å². The van der Waals surface area contributed by atoms with Gasteiger partial charge in [0.15, 0.2) is 0 Å². The first-order valence-corrected chi connectivity index (χ1v) is 6.18. The van der Waals surface area contributed by atoms with Crippen molar-refractivity contribution in [1.82, 2.24) is 5.32 Å². The third-order valence-electron chi connectivity index (χ3n) is 2.86. The van der Waals surface area contributed by atoms with E-state index in [0.29, 0.717) is 13.0 Å². The summed E-state index contributed by atoms with van der Waals surface area (Å²) in [6.45, 7) is 2.97. The van der Waals surface area contributed by atoms with E-state index in [-0.39, 0.29) is 24.3 Å². The number of carbonyl (C=O) groups is 2. The third-order valence-corrected chi connectivity index (χ3v) is 2.86. The molecule has 98 valence electrons. The lowest BCUT2D eigenvalue weighted by Crippen LogP contribution is -2.33. The van der Waals surface area contributed by atoms with E-state index in [0.717, 1.165) is 25.9 Å². The molecule has 0 aromatic carbocycles. The number of carboxylic acids is 1. The Morgan fingerprint density at radius 2 is 2.24 bits per heavy atom. The van der Waals surface area contributed by atoms with Gasteiger partial charge in [-0.1, -0.05) is 6.92 Å². The minimum Gasteiger partial charge on any atom is -0.481 e. The number of carbonyl (C=O) groups excluding carboxylic acids is 1. The van der Waals surface area contributed by atoms with E-state index in [2.05, 4.69) is 5.32 Å². The molecule has 0 aromatic heterocycles. The molecule has 1 aliphatic heterocycles. The second kappa shape index (κ2) is 7.27. The summed E-state index contributed by atoms with van der Waals surface area (Å²) in [4.78, 5) is 22.0. The highest BCUT2D eigenvalue weighted by Gasteiger charge is 2.18. The Morgan fingerprint density at radius 3 is 2.82 bits per heavy atom. The number of carboxylic acid groups (broad SMARTS) is 1. The Kier molecular flexibility index (Phi) is 5.97. The summed E-state index contributed by atoms with van der Waals surface area (Å²) < 4.78 is 5.47. The van der Waals surface area contributed by atoms with Crippen molar-refractivity contribution in [1.29, 1.82) is 0 Å². The molecule has 0 bridgehead atoms. The molecule has 17 heavy (non-hydrogen) atoms. The molecule has 1 aliphatic rings. The third kappa shape index (κ3) is 6.26. The molecule has 1 heterocycles. The highest BCUT2D eigenvalue weighted by molar-refractivity contribution is 5.76. The Bertz CT molecular complexity index is 261. The van der Waals surface area contributed by atoms with Crippen LogP contribution in [0.15, 0.2) is 0 Å². The van der Waals surface area contributed by atoms with Crippen LogP contribution in [0.2, 0.25) is 0 Å². The van der Waals surface area contributed by atoms with Crippen LogP contribution in [0, 0.1) is 5.92 Å². The lowest BCUT2D eigenvalue weighted by molar-refractivity contribution is -0.138. The van der Waals surface area contributed by atoms with Crippen LogP contribution in [0.4, 0.5) is 0 Å². The van der Waals surface area contributed by atoms with E-state index in [1.807, 2.05) is 6.92 Å². The van der Waals surface area contributed by atoms with Crippen LogP contribution in [0.1, 0.15) is 39.0 Å². The molecular formula is C12H21NO4. The second-order valence-electron chi connectivity index (χ2n) is 4.70. The Morgan fingerprint density at radius 1 is 1.47 bits per heavy atom. The van der Waals surface area contributed by atoms with Crippen molar-refractivity contribution in [3.63, 3.8) is 0 Å². The predicted molar refractivity (Wildman–Crippen MR) is 62.6 cm³/mol. The van der Waals surface area contributed by atoms with Crippen LogP contribution >= 0.6 is 0 Å². The van der Waals surface area contributed by atoms with Gasteiger partial charge < -0.3 is 15.2 Å². The SMILES string of the molecule is CC(CNC(=O)CC1CCCCO1)CC(=O)O. The van der Waals surface area contributed by atoms with Gasteiger partial charge in [0.05, 0.1) is 12.5 Å². The maximum atomic E-state index is 11.6. The quantitative estimate of drug-likeness (QED) is 0.734. The van der Waals surface area contributed by atoms with Crippen molar-refractivity contribution in [3.8, 4) is 0 Å². The van der Waals surface area contributed by atoms with Gasteiger partial charge in [-0.05, 0) is 25.2 Å². The maximum Gasteiger partial charge on any atom is 0.303 e. The lowest BCUT2D eigenvalue weighted by atomic mass is 10.1. The molecule has 1 amide bonds. The zero-order chi connectivity index (χ0) is 12.7. The molecule has 0 saturated carbocycles. The summed E-state index contributed by atoms with van der Waals surface area (Å²) in [6, 6.07) is 0. The Hall–Kier alpha value is -1.10. The number of amides is 1. The van der Waals surface area contributed by atoms with Crippen LogP contribution < -0.4 is 5.32 Å². The van der Waals surface area contributed by atoms with Gasteiger partial charge in [0.25, 0.3) is 0 Å². The minimum atomic E-state index is -0.831. The molecule has 2 atom stereocenters.